The van der Waals surface area contributed by atoms with Gasteiger partial charge in [-0.25, -0.2) is 0 Å². The molecule has 0 aliphatic carbocycles. The minimum atomic E-state index is 0.0712. The highest BCUT2D eigenvalue weighted by molar-refractivity contribution is 5.58. The Hall–Kier alpha value is -0.370. The van der Waals surface area contributed by atoms with Crippen LogP contribution in [0.15, 0.2) is 0 Å². The minimum absolute atomic E-state index is 0.0712. The van der Waals surface area contributed by atoms with Gasteiger partial charge in [-0.05, 0) is 13.8 Å². The van der Waals surface area contributed by atoms with Crippen molar-refractivity contribution in [3.05, 3.63) is 0 Å². The van der Waals surface area contributed by atoms with E-state index >= 15 is 0 Å². The van der Waals surface area contributed by atoms with Gasteiger partial charge in [0.05, 0.1) is 0 Å². The van der Waals surface area contributed by atoms with Gasteiger partial charge in [-0.15, -0.1) is 0 Å². The molecule has 0 saturated carbocycles. The second kappa shape index (κ2) is 1.55. The Kier molecular flexibility index (Phi) is 1.12. The van der Waals surface area contributed by atoms with E-state index in [0.29, 0.717) is 0 Å². The molecule has 1 atom stereocenters. The highest BCUT2D eigenvalue weighted by atomic mass is 16.1. The van der Waals surface area contributed by atoms with Crippen molar-refractivity contribution in [1.82, 2.24) is 5.32 Å². The summed E-state index contributed by atoms with van der Waals surface area (Å²) in [6.45, 7) is 4.93. The first kappa shape index (κ1) is 5.76. The summed E-state index contributed by atoms with van der Waals surface area (Å²) in [7, 11) is 0. The fraction of sp³-hybridized carbons (Fsp3) is 0.833. The molecule has 0 aromatic rings. The SMILES string of the molecule is CC1(C)NCC1C=O. The molecule has 1 N–H and O–H groups in total. The summed E-state index contributed by atoms with van der Waals surface area (Å²) < 4.78 is 0. The van der Waals surface area contributed by atoms with Crippen LogP contribution in [0.2, 0.25) is 0 Å². The molecule has 0 spiro atoms. The Labute approximate surface area is 49.3 Å². The van der Waals surface area contributed by atoms with E-state index in [-0.39, 0.29) is 11.5 Å². The van der Waals surface area contributed by atoms with E-state index in [0.717, 1.165) is 12.8 Å². The van der Waals surface area contributed by atoms with Crippen LogP contribution in [0.1, 0.15) is 13.8 Å². The fourth-order valence-corrected chi connectivity index (χ4v) is 0.846. The van der Waals surface area contributed by atoms with E-state index in [1.165, 1.54) is 0 Å². The molecule has 0 aromatic carbocycles. The number of carbonyl (C=O) groups is 1. The van der Waals surface area contributed by atoms with Gasteiger partial charge >= 0.3 is 0 Å². The Morgan fingerprint density at radius 1 is 1.75 bits per heavy atom. The van der Waals surface area contributed by atoms with Gasteiger partial charge in [0.15, 0.2) is 0 Å². The standard InChI is InChI=1S/C6H11NO/c1-6(2)5(4-8)3-7-6/h4-5,7H,3H2,1-2H3. The number of hydrogen-bond donors (Lipinski definition) is 1. The molecule has 46 valence electrons. The van der Waals surface area contributed by atoms with Crippen LogP contribution in [0.3, 0.4) is 0 Å². The normalized spacial score (nSPS) is 33.5. The lowest BCUT2D eigenvalue weighted by atomic mass is 9.81. The highest BCUT2D eigenvalue weighted by Crippen LogP contribution is 2.22. The predicted molar refractivity (Wildman–Crippen MR) is 31.6 cm³/mol. The third kappa shape index (κ3) is 0.650. The summed E-state index contributed by atoms with van der Waals surface area (Å²) in [4.78, 5) is 10.2. The Bertz CT molecular complexity index is 109. The van der Waals surface area contributed by atoms with Gasteiger partial charge in [-0.2, -0.15) is 0 Å². The van der Waals surface area contributed by atoms with Crippen molar-refractivity contribution in [3.8, 4) is 0 Å². The molecule has 2 nitrogen and oxygen atoms in total. The summed E-state index contributed by atoms with van der Waals surface area (Å²) in [5.41, 5.74) is 0.0712. The Balaban J connectivity index is 2.49. The molecule has 1 fully saturated rings. The summed E-state index contributed by atoms with van der Waals surface area (Å²) in [5, 5.41) is 3.15. The van der Waals surface area contributed by atoms with Gasteiger partial charge in [-0.3, -0.25) is 0 Å². The first-order valence-electron chi connectivity index (χ1n) is 2.87. The lowest BCUT2D eigenvalue weighted by molar-refractivity contribution is -0.115. The third-order valence-electron chi connectivity index (χ3n) is 1.87. The average molecular weight is 113 g/mol. The smallest absolute Gasteiger partial charge is 0.126 e. The monoisotopic (exact) mass is 113 g/mol. The molecule has 1 unspecified atom stereocenters. The zero-order chi connectivity index (χ0) is 6.20. The topological polar surface area (TPSA) is 29.1 Å². The first-order valence-corrected chi connectivity index (χ1v) is 2.87. The summed E-state index contributed by atoms with van der Waals surface area (Å²) in [6, 6.07) is 0. The van der Waals surface area contributed by atoms with Crippen molar-refractivity contribution in [2.45, 2.75) is 19.4 Å². The van der Waals surface area contributed by atoms with Crippen LogP contribution in [-0.4, -0.2) is 18.4 Å². The van der Waals surface area contributed by atoms with E-state index < -0.39 is 0 Å². The molecule has 1 saturated heterocycles. The zero-order valence-electron chi connectivity index (χ0n) is 5.27. The molecule has 0 bridgehead atoms. The van der Waals surface area contributed by atoms with Crippen molar-refractivity contribution in [3.63, 3.8) is 0 Å². The van der Waals surface area contributed by atoms with Crippen molar-refractivity contribution >= 4 is 6.29 Å². The molecular weight excluding hydrogens is 102 g/mol. The summed E-state index contributed by atoms with van der Waals surface area (Å²) >= 11 is 0. The largest absolute Gasteiger partial charge is 0.310 e. The van der Waals surface area contributed by atoms with Gasteiger partial charge in [0.2, 0.25) is 0 Å². The number of nitrogens with one attached hydrogen (secondary N) is 1. The van der Waals surface area contributed by atoms with Crippen LogP contribution in [0.4, 0.5) is 0 Å². The predicted octanol–water partition coefficient (Wildman–Crippen LogP) is 0.183. The second-order valence-electron chi connectivity index (χ2n) is 2.85. The molecule has 1 rings (SSSR count). The number of rotatable bonds is 1. The van der Waals surface area contributed by atoms with Crippen molar-refractivity contribution in [2.24, 2.45) is 5.92 Å². The lowest BCUT2D eigenvalue weighted by Crippen LogP contribution is -2.61. The van der Waals surface area contributed by atoms with Crippen LogP contribution in [0.5, 0.6) is 0 Å². The second-order valence-corrected chi connectivity index (χ2v) is 2.85. The maximum absolute atomic E-state index is 10.2. The molecule has 8 heavy (non-hydrogen) atoms. The van der Waals surface area contributed by atoms with Crippen molar-refractivity contribution < 1.29 is 4.79 Å². The van der Waals surface area contributed by atoms with E-state index in [9.17, 15) is 4.79 Å². The zero-order valence-corrected chi connectivity index (χ0v) is 5.27. The summed E-state index contributed by atoms with van der Waals surface area (Å²) in [5.74, 6) is 0.238. The van der Waals surface area contributed by atoms with Gasteiger partial charge in [0.1, 0.15) is 6.29 Å². The van der Waals surface area contributed by atoms with Crippen LogP contribution in [0.25, 0.3) is 0 Å². The van der Waals surface area contributed by atoms with E-state index in [1.54, 1.807) is 0 Å². The molecule has 1 aliphatic rings. The summed E-state index contributed by atoms with van der Waals surface area (Å²) in [6.07, 6.45) is 1.02. The van der Waals surface area contributed by atoms with Crippen LogP contribution >= 0.6 is 0 Å². The van der Waals surface area contributed by atoms with Gasteiger partial charge in [0.25, 0.3) is 0 Å². The maximum atomic E-state index is 10.2. The van der Waals surface area contributed by atoms with Crippen molar-refractivity contribution in [2.75, 3.05) is 6.54 Å². The molecule has 1 aliphatic heterocycles. The van der Waals surface area contributed by atoms with Crippen molar-refractivity contribution in [1.29, 1.82) is 0 Å². The van der Waals surface area contributed by atoms with Gasteiger partial charge in [-0.1, -0.05) is 0 Å². The van der Waals surface area contributed by atoms with Gasteiger partial charge < -0.3 is 10.1 Å². The number of carbonyl (C=O) groups excluding carboxylic acids is 1. The molecule has 1 heterocycles. The minimum Gasteiger partial charge on any atom is -0.310 e. The van der Waals surface area contributed by atoms with Crippen LogP contribution in [-0.2, 0) is 4.79 Å². The lowest BCUT2D eigenvalue weighted by Gasteiger charge is -2.42. The molecule has 0 radical (unpaired) electrons. The molecule has 2 heteroatoms. The van der Waals surface area contributed by atoms with E-state index in [2.05, 4.69) is 5.32 Å². The third-order valence-corrected chi connectivity index (χ3v) is 1.87. The highest BCUT2D eigenvalue weighted by Gasteiger charge is 2.37. The molecule has 0 aromatic heterocycles. The Morgan fingerprint density at radius 2 is 2.38 bits per heavy atom. The van der Waals surface area contributed by atoms with E-state index in [4.69, 9.17) is 0 Å². The van der Waals surface area contributed by atoms with Crippen LogP contribution in [0, 0.1) is 5.92 Å². The molecule has 0 amide bonds. The van der Waals surface area contributed by atoms with Gasteiger partial charge in [0, 0.05) is 18.0 Å². The Morgan fingerprint density at radius 3 is 2.38 bits per heavy atom. The number of hydrogen-bond acceptors (Lipinski definition) is 2. The fourth-order valence-electron chi connectivity index (χ4n) is 0.846. The number of aldehydes is 1. The van der Waals surface area contributed by atoms with Crippen LogP contribution < -0.4 is 5.32 Å². The first-order chi connectivity index (χ1) is 3.67. The average Bonchev–Trinajstić information content (AvgIpc) is 1.66. The van der Waals surface area contributed by atoms with E-state index in [1.807, 2.05) is 13.8 Å². The quantitative estimate of drug-likeness (QED) is 0.491. The molecular formula is C6H11NO. The maximum Gasteiger partial charge on any atom is 0.126 e.